The predicted molar refractivity (Wildman–Crippen MR) is 80.0 cm³/mol. The van der Waals surface area contributed by atoms with Crippen LogP contribution in [0.25, 0.3) is 21.2 Å². The van der Waals surface area contributed by atoms with Crippen molar-refractivity contribution in [3.05, 3.63) is 57.9 Å². The molecule has 0 atom stereocenters. The molecule has 0 aliphatic rings. The lowest BCUT2D eigenvalue weighted by Crippen LogP contribution is -2.03. The lowest BCUT2D eigenvalue weighted by atomic mass is 10.0. The normalized spacial score (nSPS) is 12.0. The molecule has 0 nitrogen and oxygen atoms in total. The fourth-order valence-electron chi connectivity index (χ4n) is 2.11. The number of fused-ring (bicyclic) bond motifs is 1. The summed E-state index contributed by atoms with van der Waals surface area (Å²) in [7, 11) is 0. The Morgan fingerprint density at radius 2 is 1.55 bits per heavy atom. The average molecular weight is 357 g/mol. The van der Waals surface area contributed by atoms with Gasteiger partial charge in [-0.2, -0.15) is 13.2 Å². The van der Waals surface area contributed by atoms with E-state index < -0.39 is 11.7 Å². The average Bonchev–Trinajstić information content (AvgIpc) is 2.73. The minimum Gasteiger partial charge on any atom is -0.166 e. The van der Waals surface area contributed by atoms with Crippen molar-refractivity contribution >= 4 is 37.4 Å². The molecule has 0 aliphatic heterocycles. The van der Waals surface area contributed by atoms with Crippen molar-refractivity contribution in [3.8, 4) is 11.1 Å². The van der Waals surface area contributed by atoms with E-state index in [0.717, 1.165) is 37.1 Å². The zero-order chi connectivity index (χ0) is 14.3. The highest BCUT2D eigenvalue weighted by atomic mass is 79.9. The van der Waals surface area contributed by atoms with Gasteiger partial charge >= 0.3 is 6.18 Å². The molecule has 1 aromatic heterocycles. The highest BCUT2D eigenvalue weighted by Gasteiger charge is 2.30. The topological polar surface area (TPSA) is 0 Å². The number of thiophene rings is 1. The fraction of sp³-hybridized carbons (Fsp3) is 0.0667. The molecular weight excluding hydrogens is 349 g/mol. The highest BCUT2D eigenvalue weighted by molar-refractivity contribution is 9.11. The zero-order valence-electron chi connectivity index (χ0n) is 10.0. The van der Waals surface area contributed by atoms with Crippen LogP contribution in [0.1, 0.15) is 5.56 Å². The molecule has 0 saturated heterocycles. The first kappa shape index (κ1) is 13.6. The smallest absolute Gasteiger partial charge is 0.166 e. The standard InChI is InChI=1S/C15H8BrF3S/c16-14-13(11-3-1-2-4-12(11)20-14)9-5-7-10(8-6-9)15(17,18)19/h1-8H. The Labute approximate surface area is 126 Å². The van der Waals surface area contributed by atoms with Gasteiger partial charge in [0.05, 0.1) is 9.35 Å². The van der Waals surface area contributed by atoms with Gasteiger partial charge in [-0.1, -0.05) is 30.3 Å². The van der Waals surface area contributed by atoms with E-state index >= 15 is 0 Å². The molecule has 0 radical (unpaired) electrons. The Kier molecular flexibility index (Phi) is 3.34. The summed E-state index contributed by atoms with van der Waals surface area (Å²) in [5.41, 5.74) is 1.10. The van der Waals surface area contributed by atoms with Crippen molar-refractivity contribution in [2.24, 2.45) is 0 Å². The molecular formula is C15H8BrF3S. The lowest BCUT2D eigenvalue weighted by molar-refractivity contribution is -0.137. The van der Waals surface area contributed by atoms with Crippen LogP contribution in [0.15, 0.2) is 52.3 Å². The van der Waals surface area contributed by atoms with Gasteiger partial charge in [0.15, 0.2) is 0 Å². The van der Waals surface area contributed by atoms with Gasteiger partial charge in [-0.15, -0.1) is 11.3 Å². The van der Waals surface area contributed by atoms with E-state index in [1.54, 1.807) is 11.3 Å². The third-order valence-electron chi connectivity index (χ3n) is 3.05. The molecule has 1 heterocycles. The monoisotopic (exact) mass is 356 g/mol. The van der Waals surface area contributed by atoms with E-state index in [-0.39, 0.29) is 0 Å². The first-order valence-electron chi connectivity index (χ1n) is 5.81. The lowest BCUT2D eigenvalue weighted by Gasteiger charge is -2.07. The molecule has 3 aromatic rings. The number of benzene rings is 2. The molecule has 5 heteroatoms. The van der Waals surface area contributed by atoms with E-state index in [1.807, 2.05) is 24.3 Å². The quantitative estimate of drug-likeness (QED) is 0.476. The predicted octanol–water partition coefficient (Wildman–Crippen LogP) is 6.35. The minimum absolute atomic E-state index is 0.628. The second-order valence-corrected chi connectivity index (χ2v) is 6.69. The molecule has 20 heavy (non-hydrogen) atoms. The van der Waals surface area contributed by atoms with Crippen LogP contribution in [-0.2, 0) is 6.18 Å². The third-order valence-corrected chi connectivity index (χ3v) is 4.89. The van der Waals surface area contributed by atoms with Gasteiger partial charge in [0, 0.05) is 15.6 Å². The Morgan fingerprint density at radius 1 is 0.900 bits per heavy atom. The first-order chi connectivity index (χ1) is 9.47. The summed E-state index contributed by atoms with van der Waals surface area (Å²) in [5, 5.41) is 1.05. The number of rotatable bonds is 1. The van der Waals surface area contributed by atoms with Gasteiger partial charge in [-0.3, -0.25) is 0 Å². The molecule has 0 spiro atoms. The zero-order valence-corrected chi connectivity index (χ0v) is 12.4. The van der Waals surface area contributed by atoms with Crippen LogP contribution in [-0.4, -0.2) is 0 Å². The number of hydrogen-bond acceptors (Lipinski definition) is 1. The number of halogens is 4. The van der Waals surface area contributed by atoms with Crippen LogP contribution in [0.2, 0.25) is 0 Å². The van der Waals surface area contributed by atoms with Crippen LogP contribution in [0.4, 0.5) is 13.2 Å². The minimum atomic E-state index is -4.30. The van der Waals surface area contributed by atoms with E-state index in [4.69, 9.17) is 0 Å². The molecule has 0 N–H and O–H groups in total. The van der Waals surface area contributed by atoms with Crippen LogP contribution < -0.4 is 0 Å². The fourth-order valence-corrected chi connectivity index (χ4v) is 4.03. The van der Waals surface area contributed by atoms with E-state index in [0.29, 0.717) is 0 Å². The van der Waals surface area contributed by atoms with Crippen molar-refractivity contribution in [2.75, 3.05) is 0 Å². The Bertz CT molecular complexity index is 757. The Morgan fingerprint density at radius 3 is 2.20 bits per heavy atom. The van der Waals surface area contributed by atoms with Crippen LogP contribution in [0.5, 0.6) is 0 Å². The second-order valence-electron chi connectivity index (χ2n) is 4.32. The summed E-state index contributed by atoms with van der Waals surface area (Å²) in [6.07, 6.45) is -4.30. The number of alkyl halides is 3. The SMILES string of the molecule is FC(F)(F)c1ccc(-c2c(Br)sc3ccccc23)cc1. The maximum Gasteiger partial charge on any atom is 0.416 e. The van der Waals surface area contributed by atoms with Gasteiger partial charge in [-0.25, -0.2) is 0 Å². The largest absolute Gasteiger partial charge is 0.416 e. The summed E-state index contributed by atoms with van der Waals surface area (Å²) >= 11 is 5.08. The van der Waals surface area contributed by atoms with E-state index in [9.17, 15) is 13.2 Å². The van der Waals surface area contributed by atoms with E-state index in [2.05, 4.69) is 15.9 Å². The van der Waals surface area contributed by atoms with Gasteiger partial charge in [-0.05, 0) is 39.7 Å². The molecule has 0 fully saturated rings. The maximum absolute atomic E-state index is 12.6. The number of hydrogen-bond donors (Lipinski definition) is 0. The van der Waals surface area contributed by atoms with E-state index in [1.165, 1.54) is 12.1 Å². The molecule has 3 rings (SSSR count). The summed E-state index contributed by atoms with van der Waals surface area (Å²) < 4.78 is 39.8. The van der Waals surface area contributed by atoms with Crippen LogP contribution >= 0.6 is 27.3 Å². The Hall–Kier alpha value is -1.33. The van der Waals surface area contributed by atoms with Crippen LogP contribution in [0, 0.1) is 0 Å². The molecule has 0 saturated carbocycles. The third kappa shape index (κ3) is 2.36. The highest BCUT2D eigenvalue weighted by Crippen LogP contribution is 2.42. The van der Waals surface area contributed by atoms with Crippen molar-refractivity contribution < 1.29 is 13.2 Å². The van der Waals surface area contributed by atoms with Crippen LogP contribution in [0.3, 0.4) is 0 Å². The molecule has 102 valence electrons. The molecule has 0 aliphatic carbocycles. The van der Waals surface area contributed by atoms with Gasteiger partial charge in [0.1, 0.15) is 0 Å². The molecule has 2 aromatic carbocycles. The van der Waals surface area contributed by atoms with Gasteiger partial charge in [0.2, 0.25) is 0 Å². The second kappa shape index (κ2) is 4.90. The molecule has 0 bridgehead atoms. The van der Waals surface area contributed by atoms with Gasteiger partial charge in [0.25, 0.3) is 0 Å². The summed E-state index contributed by atoms with van der Waals surface area (Å²) in [5.74, 6) is 0. The Balaban J connectivity index is 2.14. The van der Waals surface area contributed by atoms with Crippen molar-refractivity contribution in [3.63, 3.8) is 0 Å². The summed E-state index contributed by atoms with van der Waals surface area (Å²) in [6, 6.07) is 13.1. The van der Waals surface area contributed by atoms with Crippen molar-refractivity contribution in [2.45, 2.75) is 6.18 Å². The maximum atomic E-state index is 12.6. The van der Waals surface area contributed by atoms with Crippen molar-refractivity contribution in [1.82, 2.24) is 0 Å². The van der Waals surface area contributed by atoms with Gasteiger partial charge < -0.3 is 0 Å². The summed E-state index contributed by atoms with van der Waals surface area (Å²) in [6.45, 7) is 0. The molecule has 0 amide bonds. The summed E-state index contributed by atoms with van der Waals surface area (Å²) in [4.78, 5) is 0. The van der Waals surface area contributed by atoms with Crippen molar-refractivity contribution in [1.29, 1.82) is 0 Å². The molecule has 0 unspecified atom stereocenters. The first-order valence-corrected chi connectivity index (χ1v) is 7.42.